The molecule has 3 heterocycles. The second-order valence-corrected chi connectivity index (χ2v) is 8.78. The molecular formula is C24H22N6O4S. The quantitative estimate of drug-likeness (QED) is 0.315. The van der Waals surface area contributed by atoms with Crippen molar-refractivity contribution in [1.82, 2.24) is 29.8 Å². The van der Waals surface area contributed by atoms with Crippen molar-refractivity contribution in [2.75, 3.05) is 12.4 Å². The zero-order valence-corrected chi connectivity index (χ0v) is 19.8. The van der Waals surface area contributed by atoms with E-state index in [-0.39, 0.29) is 17.9 Å². The molecule has 1 aliphatic heterocycles. The van der Waals surface area contributed by atoms with Gasteiger partial charge in [0.25, 0.3) is 5.56 Å². The van der Waals surface area contributed by atoms with Crippen LogP contribution in [0.2, 0.25) is 0 Å². The van der Waals surface area contributed by atoms with E-state index in [4.69, 9.17) is 4.74 Å². The van der Waals surface area contributed by atoms with Crippen LogP contribution in [0.5, 0.6) is 0 Å². The molecule has 1 atom stereocenters. The first-order chi connectivity index (χ1) is 17.0. The van der Waals surface area contributed by atoms with E-state index >= 15 is 0 Å². The Bertz CT molecular complexity index is 1540. The number of benzene rings is 2. The smallest absolute Gasteiger partial charge is 0.337 e. The summed E-state index contributed by atoms with van der Waals surface area (Å²) in [6.45, 7) is 3.68. The largest absolute Gasteiger partial charge is 0.463 e. The van der Waals surface area contributed by atoms with Gasteiger partial charge >= 0.3 is 12.0 Å². The normalized spacial score (nSPS) is 15.8. The van der Waals surface area contributed by atoms with Crippen molar-refractivity contribution in [3.63, 3.8) is 0 Å². The van der Waals surface area contributed by atoms with Crippen molar-refractivity contribution in [2.24, 2.45) is 0 Å². The fraction of sp³-hybridized carbons (Fsp3) is 0.208. The molecular weight excluding hydrogens is 468 g/mol. The lowest BCUT2D eigenvalue weighted by Gasteiger charge is -2.26. The molecule has 2 aromatic carbocycles. The number of carbonyl (C=O) groups is 2. The van der Waals surface area contributed by atoms with E-state index in [1.807, 2.05) is 52.9 Å². The van der Waals surface area contributed by atoms with Crippen molar-refractivity contribution in [2.45, 2.75) is 25.0 Å². The van der Waals surface area contributed by atoms with Gasteiger partial charge in [0.15, 0.2) is 5.16 Å². The van der Waals surface area contributed by atoms with Crippen molar-refractivity contribution >= 4 is 40.4 Å². The van der Waals surface area contributed by atoms with Gasteiger partial charge in [-0.05, 0) is 38.1 Å². The van der Waals surface area contributed by atoms with Crippen LogP contribution in [0.4, 0.5) is 4.79 Å². The number of thioether (sulfide) groups is 1. The Kier molecular flexibility index (Phi) is 6.00. The molecule has 35 heavy (non-hydrogen) atoms. The fourth-order valence-electron chi connectivity index (χ4n) is 4.11. The first-order valence-corrected chi connectivity index (χ1v) is 12.0. The molecule has 0 fully saturated rings. The predicted molar refractivity (Wildman–Crippen MR) is 132 cm³/mol. The standard InChI is InChI=1S/C24H22N6O4S/c1-3-34-21(32)19-14(2)25-22(33)26-17(19)13-35-24-28-27-23-29(15-9-5-4-6-10-15)20(31)16-11-7-8-12-18(16)30(23)24/h4-12,14H,3,13H2,1-2H3,(H2,25,26,33)/t14-/m0/s1. The molecule has 2 aromatic heterocycles. The van der Waals surface area contributed by atoms with Crippen LogP contribution in [-0.4, -0.2) is 49.6 Å². The van der Waals surface area contributed by atoms with Crippen molar-refractivity contribution in [3.8, 4) is 5.69 Å². The topological polar surface area (TPSA) is 120 Å². The lowest BCUT2D eigenvalue weighted by Crippen LogP contribution is -2.49. The Labute approximate surface area is 204 Å². The van der Waals surface area contributed by atoms with Crippen LogP contribution in [0.15, 0.2) is 75.8 Å². The molecule has 10 nitrogen and oxygen atoms in total. The first kappa shape index (κ1) is 22.7. The molecule has 178 valence electrons. The molecule has 0 radical (unpaired) electrons. The maximum Gasteiger partial charge on any atom is 0.337 e. The van der Waals surface area contributed by atoms with E-state index in [0.717, 1.165) is 0 Å². The highest BCUT2D eigenvalue weighted by Crippen LogP contribution is 2.26. The third kappa shape index (κ3) is 4.03. The van der Waals surface area contributed by atoms with Crippen LogP contribution in [-0.2, 0) is 9.53 Å². The molecule has 4 aromatic rings. The maximum absolute atomic E-state index is 13.4. The number of urea groups is 1. The van der Waals surface area contributed by atoms with E-state index in [0.29, 0.717) is 38.8 Å². The Morgan fingerprint density at radius 2 is 1.83 bits per heavy atom. The maximum atomic E-state index is 13.4. The van der Waals surface area contributed by atoms with Crippen LogP contribution >= 0.6 is 11.8 Å². The Hall–Kier alpha value is -4.12. The average molecular weight is 491 g/mol. The highest BCUT2D eigenvalue weighted by Gasteiger charge is 2.30. The summed E-state index contributed by atoms with van der Waals surface area (Å²) < 4.78 is 8.53. The molecule has 0 saturated heterocycles. The SMILES string of the molecule is CCOC(=O)C1=C(CSc2nnc3n(-c4ccccc4)c(=O)c4ccccc4n23)NC(=O)N[C@H]1C. The van der Waals surface area contributed by atoms with Crippen molar-refractivity contribution in [3.05, 3.63) is 76.2 Å². The number of aromatic nitrogens is 4. The summed E-state index contributed by atoms with van der Waals surface area (Å²) in [5.74, 6) is 0.119. The monoisotopic (exact) mass is 490 g/mol. The number of carbonyl (C=O) groups excluding carboxylic acids is 2. The second kappa shape index (κ2) is 9.26. The zero-order valence-electron chi connectivity index (χ0n) is 19.0. The summed E-state index contributed by atoms with van der Waals surface area (Å²) in [5, 5.41) is 15.1. The highest BCUT2D eigenvalue weighted by atomic mass is 32.2. The number of esters is 1. The number of hydrogen-bond acceptors (Lipinski definition) is 7. The number of hydrogen-bond donors (Lipinski definition) is 2. The van der Waals surface area contributed by atoms with E-state index < -0.39 is 18.0 Å². The van der Waals surface area contributed by atoms with Crippen LogP contribution in [0.3, 0.4) is 0 Å². The minimum Gasteiger partial charge on any atom is -0.463 e. The van der Waals surface area contributed by atoms with Crippen molar-refractivity contribution in [1.29, 1.82) is 0 Å². The van der Waals surface area contributed by atoms with Gasteiger partial charge in [-0.1, -0.05) is 42.1 Å². The van der Waals surface area contributed by atoms with Gasteiger partial charge in [-0.2, -0.15) is 0 Å². The van der Waals surface area contributed by atoms with Gasteiger partial charge < -0.3 is 15.4 Å². The molecule has 2 amide bonds. The number of rotatable bonds is 6. The fourth-order valence-corrected chi connectivity index (χ4v) is 5.02. The van der Waals surface area contributed by atoms with E-state index in [9.17, 15) is 14.4 Å². The minimum absolute atomic E-state index is 0.199. The van der Waals surface area contributed by atoms with Gasteiger partial charge in [0, 0.05) is 11.4 Å². The second-order valence-electron chi connectivity index (χ2n) is 7.83. The van der Waals surface area contributed by atoms with Crippen LogP contribution in [0.1, 0.15) is 13.8 Å². The lowest BCUT2D eigenvalue weighted by atomic mass is 10.1. The first-order valence-electron chi connectivity index (χ1n) is 11.0. The van der Waals surface area contributed by atoms with Crippen molar-refractivity contribution < 1.29 is 14.3 Å². The summed E-state index contributed by atoms with van der Waals surface area (Å²) in [4.78, 5) is 38.0. The molecule has 0 saturated carbocycles. The summed E-state index contributed by atoms with van der Waals surface area (Å²) in [6.07, 6.45) is 0. The summed E-state index contributed by atoms with van der Waals surface area (Å²) in [5.41, 5.74) is 1.94. The predicted octanol–water partition coefficient (Wildman–Crippen LogP) is 2.64. The van der Waals surface area contributed by atoms with Gasteiger partial charge in [-0.3, -0.25) is 9.20 Å². The molecule has 0 unspecified atom stereocenters. The molecule has 0 spiro atoms. The lowest BCUT2D eigenvalue weighted by molar-refractivity contribution is -0.138. The molecule has 2 N–H and O–H groups in total. The molecule has 5 rings (SSSR count). The summed E-state index contributed by atoms with van der Waals surface area (Å²) >= 11 is 1.30. The summed E-state index contributed by atoms with van der Waals surface area (Å²) in [6, 6.07) is 15.6. The number of amides is 2. The van der Waals surface area contributed by atoms with Gasteiger partial charge in [0.1, 0.15) is 0 Å². The zero-order chi connectivity index (χ0) is 24.5. The Morgan fingerprint density at radius 3 is 2.60 bits per heavy atom. The summed E-state index contributed by atoms with van der Waals surface area (Å²) in [7, 11) is 0. The van der Waals surface area contributed by atoms with Crippen LogP contribution in [0, 0.1) is 0 Å². The minimum atomic E-state index is -0.502. The molecule has 0 aliphatic carbocycles. The van der Waals surface area contributed by atoms with Gasteiger partial charge in [0.05, 0.1) is 34.8 Å². The number of nitrogens with one attached hydrogen (secondary N) is 2. The van der Waals surface area contributed by atoms with Gasteiger partial charge in [-0.25, -0.2) is 14.2 Å². The number of nitrogens with zero attached hydrogens (tertiary/aromatic N) is 4. The molecule has 0 bridgehead atoms. The number of ether oxygens (including phenoxy) is 1. The molecule has 11 heteroatoms. The van der Waals surface area contributed by atoms with Crippen LogP contribution in [0.25, 0.3) is 22.4 Å². The number of fused-ring (bicyclic) bond motifs is 3. The van der Waals surface area contributed by atoms with Gasteiger partial charge in [-0.15, -0.1) is 10.2 Å². The van der Waals surface area contributed by atoms with E-state index in [1.54, 1.807) is 19.9 Å². The van der Waals surface area contributed by atoms with Crippen LogP contribution < -0.4 is 16.2 Å². The number of para-hydroxylation sites is 2. The van der Waals surface area contributed by atoms with E-state index in [1.165, 1.54) is 16.3 Å². The van der Waals surface area contributed by atoms with E-state index in [2.05, 4.69) is 20.8 Å². The Morgan fingerprint density at radius 1 is 1.09 bits per heavy atom. The molecule has 1 aliphatic rings. The third-order valence-electron chi connectivity index (χ3n) is 5.62. The highest BCUT2D eigenvalue weighted by molar-refractivity contribution is 7.99. The third-order valence-corrected chi connectivity index (χ3v) is 6.58. The average Bonchev–Trinajstić information content (AvgIpc) is 3.27. The van der Waals surface area contributed by atoms with Gasteiger partial charge in [0.2, 0.25) is 5.78 Å². The Balaban J connectivity index is 1.63.